The number of nitrogen functional groups attached to an aromatic ring is 1. The first-order valence-corrected chi connectivity index (χ1v) is 5.90. The molecule has 0 saturated heterocycles. The van der Waals surface area contributed by atoms with E-state index < -0.39 is 0 Å². The van der Waals surface area contributed by atoms with Crippen LogP contribution in [-0.2, 0) is 13.6 Å². The maximum Gasteiger partial charge on any atom is 0.254 e. The summed E-state index contributed by atoms with van der Waals surface area (Å²) in [6.07, 6.45) is 3.57. The highest BCUT2D eigenvalue weighted by Gasteiger charge is 2.13. The monoisotopic (exact) mass is 259 g/mol. The highest BCUT2D eigenvalue weighted by molar-refractivity contribution is 5.94. The molecular weight excluding hydrogens is 242 g/mol. The first kappa shape index (κ1) is 13.1. The Balaban J connectivity index is 2.08. The van der Waals surface area contributed by atoms with E-state index in [1.54, 1.807) is 42.4 Å². The molecule has 2 rings (SSSR count). The van der Waals surface area contributed by atoms with Crippen molar-refractivity contribution in [1.82, 2.24) is 14.5 Å². The van der Waals surface area contributed by atoms with Gasteiger partial charge in [-0.2, -0.15) is 0 Å². The molecule has 1 heterocycles. The zero-order chi connectivity index (χ0) is 13.8. The van der Waals surface area contributed by atoms with E-state index in [1.807, 2.05) is 17.8 Å². The second-order valence-electron chi connectivity index (χ2n) is 4.34. The third-order valence-corrected chi connectivity index (χ3v) is 2.94. The lowest BCUT2D eigenvalue weighted by atomic mass is 10.2. The van der Waals surface area contributed by atoms with Crippen molar-refractivity contribution in [2.75, 3.05) is 12.5 Å². The van der Waals surface area contributed by atoms with Gasteiger partial charge in [-0.1, -0.05) is 0 Å². The van der Waals surface area contributed by atoms with Crippen molar-refractivity contribution in [1.29, 1.82) is 0 Å². The highest BCUT2D eigenvalue weighted by Crippen LogP contribution is 2.11. The minimum absolute atomic E-state index is 0.0495. The molecule has 0 aliphatic rings. The maximum atomic E-state index is 12.2. The Morgan fingerprint density at radius 3 is 2.63 bits per heavy atom. The summed E-state index contributed by atoms with van der Waals surface area (Å²) in [5.41, 5.74) is 3.92. The van der Waals surface area contributed by atoms with Gasteiger partial charge in [0.05, 0.1) is 6.54 Å². The van der Waals surface area contributed by atoms with Gasteiger partial charge in [0.15, 0.2) is 0 Å². The molecule has 0 radical (unpaired) electrons. The molecular formula is C13H17N5O. The van der Waals surface area contributed by atoms with Crippen LogP contribution >= 0.6 is 0 Å². The lowest BCUT2D eigenvalue weighted by Gasteiger charge is -2.17. The van der Waals surface area contributed by atoms with Crippen LogP contribution in [0.2, 0.25) is 0 Å². The molecule has 6 heteroatoms. The van der Waals surface area contributed by atoms with E-state index in [1.165, 1.54) is 0 Å². The smallest absolute Gasteiger partial charge is 0.254 e. The van der Waals surface area contributed by atoms with Crippen LogP contribution in [0.1, 0.15) is 16.2 Å². The number of hydrazine groups is 1. The number of nitrogens with one attached hydrogen (secondary N) is 1. The van der Waals surface area contributed by atoms with Crippen molar-refractivity contribution in [2.45, 2.75) is 6.54 Å². The number of hydrogen-bond donors (Lipinski definition) is 2. The van der Waals surface area contributed by atoms with E-state index in [0.29, 0.717) is 12.1 Å². The molecule has 19 heavy (non-hydrogen) atoms. The van der Waals surface area contributed by atoms with Crippen molar-refractivity contribution in [3.8, 4) is 0 Å². The number of rotatable bonds is 4. The molecule has 0 bridgehead atoms. The quantitative estimate of drug-likeness (QED) is 0.634. The molecule has 3 N–H and O–H groups in total. The van der Waals surface area contributed by atoms with Gasteiger partial charge in [0.25, 0.3) is 5.91 Å². The summed E-state index contributed by atoms with van der Waals surface area (Å²) in [4.78, 5) is 18.1. The average Bonchev–Trinajstić information content (AvgIpc) is 2.83. The number of anilines is 1. The third kappa shape index (κ3) is 2.92. The number of imidazole rings is 1. The van der Waals surface area contributed by atoms with Crippen LogP contribution in [0, 0.1) is 0 Å². The average molecular weight is 259 g/mol. The Kier molecular flexibility index (Phi) is 3.82. The molecule has 0 atom stereocenters. The molecule has 0 unspecified atom stereocenters. The zero-order valence-corrected chi connectivity index (χ0v) is 11.0. The predicted octanol–water partition coefficient (Wildman–Crippen LogP) is 0.978. The molecule has 2 aromatic rings. The summed E-state index contributed by atoms with van der Waals surface area (Å²) in [5.74, 6) is 6.08. The number of benzene rings is 1. The van der Waals surface area contributed by atoms with E-state index in [9.17, 15) is 4.79 Å². The lowest BCUT2D eigenvalue weighted by Crippen LogP contribution is -2.27. The first-order chi connectivity index (χ1) is 9.11. The van der Waals surface area contributed by atoms with Gasteiger partial charge in [0.2, 0.25) is 0 Å². The minimum Gasteiger partial charge on any atom is -0.337 e. The standard InChI is InChI=1S/C13H17N5O/c1-17-8-7-15-12(17)9-18(2)13(19)10-3-5-11(16-14)6-4-10/h3-8,16H,9,14H2,1-2H3. The molecule has 1 amide bonds. The minimum atomic E-state index is -0.0495. The third-order valence-electron chi connectivity index (χ3n) is 2.94. The van der Waals surface area contributed by atoms with E-state index in [4.69, 9.17) is 5.84 Å². The number of aryl methyl sites for hydroxylation is 1. The maximum absolute atomic E-state index is 12.2. The zero-order valence-electron chi connectivity index (χ0n) is 11.0. The van der Waals surface area contributed by atoms with Crippen molar-refractivity contribution < 1.29 is 4.79 Å². The van der Waals surface area contributed by atoms with E-state index >= 15 is 0 Å². The van der Waals surface area contributed by atoms with Gasteiger partial charge >= 0.3 is 0 Å². The number of nitrogens with two attached hydrogens (primary N) is 1. The van der Waals surface area contributed by atoms with Crippen LogP contribution in [0.25, 0.3) is 0 Å². The Labute approximate surface area is 111 Å². The van der Waals surface area contributed by atoms with E-state index in [2.05, 4.69) is 10.4 Å². The molecule has 0 spiro atoms. The fourth-order valence-electron chi connectivity index (χ4n) is 1.76. The Morgan fingerprint density at radius 2 is 2.11 bits per heavy atom. The van der Waals surface area contributed by atoms with Crippen LogP contribution in [0.15, 0.2) is 36.7 Å². The van der Waals surface area contributed by atoms with E-state index in [0.717, 1.165) is 11.5 Å². The summed E-state index contributed by atoms with van der Waals surface area (Å²) >= 11 is 0. The summed E-state index contributed by atoms with van der Waals surface area (Å²) in [6, 6.07) is 7.02. The molecule has 6 nitrogen and oxygen atoms in total. The first-order valence-electron chi connectivity index (χ1n) is 5.90. The molecule has 0 fully saturated rings. The number of aromatic nitrogens is 2. The van der Waals surface area contributed by atoms with Crippen LogP contribution in [0.4, 0.5) is 5.69 Å². The number of nitrogens with zero attached hydrogens (tertiary/aromatic N) is 3. The summed E-state index contributed by atoms with van der Waals surface area (Å²) < 4.78 is 1.89. The molecule has 1 aromatic heterocycles. The Bertz CT molecular complexity index is 561. The molecule has 0 aliphatic heterocycles. The van der Waals surface area contributed by atoms with Gasteiger partial charge < -0.3 is 14.9 Å². The fourth-order valence-corrected chi connectivity index (χ4v) is 1.76. The SMILES string of the molecule is CN(Cc1nccn1C)C(=O)c1ccc(NN)cc1. The lowest BCUT2D eigenvalue weighted by molar-refractivity contribution is 0.0780. The number of carbonyl (C=O) groups is 1. The van der Waals surface area contributed by atoms with Crippen molar-refractivity contribution >= 4 is 11.6 Å². The molecule has 0 saturated carbocycles. The number of hydrogen-bond acceptors (Lipinski definition) is 4. The fraction of sp³-hybridized carbons (Fsp3) is 0.231. The largest absolute Gasteiger partial charge is 0.337 e. The predicted molar refractivity (Wildman–Crippen MR) is 73.3 cm³/mol. The normalized spacial score (nSPS) is 10.3. The van der Waals surface area contributed by atoms with Crippen LogP contribution in [-0.4, -0.2) is 27.4 Å². The van der Waals surface area contributed by atoms with Crippen molar-refractivity contribution in [2.24, 2.45) is 12.9 Å². The molecule has 100 valence electrons. The Morgan fingerprint density at radius 1 is 1.42 bits per heavy atom. The second-order valence-corrected chi connectivity index (χ2v) is 4.34. The van der Waals surface area contributed by atoms with Gasteiger partial charge in [-0.3, -0.25) is 10.6 Å². The Hall–Kier alpha value is -2.34. The van der Waals surface area contributed by atoms with Crippen LogP contribution in [0.3, 0.4) is 0 Å². The van der Waals surface area contributed by atoms with Crippen molar-refractivity contribution in [3.05, 3.63) is 48.0 Å². The van der Waals surface area contributed by atoms with Gasteiger partial charge in [-0.15, -0.1) is 0 Å². The van der Waals surface area contributed by atoms with Gasteiger partial charge in [-0.05, 0) is 24.3 Å². The van der Waals surface area contributed by atoms with Gasteiger partial charge in [0, 0.05) is 37.7 Å². The topological polar surface area (TPSA) is 76.2 Å². The molecule has 0 aliphatic carbocycles. The van der Waals surface area contributed by atoms with Crippen molar-refractivity contribution in [3.63, 3.8) is 0 Å². The second kappa shape index (κ2) is 5.53. The number of carbonyl (C=O) groups excluding carboxylic acids is 1. The summed E-state index contributed by atoms with van der Waals surface area (Å²) in [6.45, 7) is 0.471. The van der Waals surface area contributed by atoms with Gasteiger partial charge in [-0.25, -0.2) is 4.98 Å². The van der Waals surface area contributed by atoms with E-state index in [-0.39, 0.29) is 5.91 Å². The van der Waals surface area contributed by atoms with Crippen LogP contribution < -0.4 is 11.3 Å². The summed E-state index contributed by atoms with van der Waals surface area (Å²) in [7, 11) is 3.66. The molecule has 1 aromatic carbocycles. The highest BCUT2D eigenvalue weighted by atomic mass is 16.2. The number of amides is 1. The van der Waals surface area contributed by atoms with Crippen LogP contribution in [0.5, 0.6) is 0 Å². The van der Waals surface area contributed by atoms with Gasteiger partial charge in [0.1, 0.15) is 5.82 Å². The summed E-state index contributed by atoms with van der Waals surface area (Å²) in [5, 5.41) is 0.